The van der Waals surface area contributed by atoms with Crippen LogP contribution in [0.1, 0.15) is 64.1 Å². The van der Waals surface area contributed by atoms with Gasteiger partial charge in [0.2, 0.25) is 0 Å². The van der Waals surface area contributed by atoms with E-state index in [0.717, 1.165) is 12.1 Å². The molecular weight excluding hydrogens is 266 g/mol. The normalized spacial score (nSPS) is 18.0. The van der Waals surface area contributed by atoms with Gasteiger partial charge in [0, 0.05) is 18.8 Å². The van der Waals surface area contributed by atoms with Crippen LogP contribution in [0.4, 0.5) is 0 Å². The standard InChI is InChI=1S/C16H27N3O2/c1-3-13(2)18(12-16(20)21)11-14-9-10-19(17-14)15-7-5-4-6-8-15/h9-10,13,15H,3-8,11-12H2,1-2H3,(H,20,21). The molecule has 1 N–H and O–H groups in total. The number of hydrogen-bond donors (Lipinski definition) is 1. The summed E-state index contributed by atoms with van der Waals surface area (Å²) in [5.74, 6) is -0.776. The van der Waals surface area contributed by atoms with E-state index in [1.54, 1.807) is 0 Å². The molecule has 0 spiro atoms. The van der Waals surface area contributed by atoms with Crippen LogP contribution in [-0.4, -0.2) is 38.3 Å². The number of carboxylic acids is 1. The van der Waals surface area contributed by atoms with Gasteiger partial charge in [-0.05, 0) is 32.3 Å². The van der Waals surface area contributed by atoms with Crippen molar-refractivity contribution in [2.45, 2.75) is 71.0 Å². The smallest absolute Gasteiger partial charge is 0.317 e. The van der Waals surface area contributed by atoms with E-state index in [1.165, 1.54) is 32.1 Å². The Labute approximate surface area is 126 Å². The molecule has 5 heteroatoms. The molecule has 21 heavy (non-hydrogen) atoms. The second-order valence-electron chi connectivity index (χ2n) is 6.13. The molecule has 2 rings (SSSR count). The molecule has 1 aliphatic rings. The summed E-state index contributed by atoms with van der Waals surface area (Å²) in [7, 11) is 0. The molecule has 1 fully saturated rings. The van der Waals surface area contributed by atoms with E-state index >= 15 is 0 Å². The third-order valence-corrected chi connectivity index (χ3v) is 4.53. The zero-order valence-corrected chi connectivity index (χ0v) is 13.2. The number of nitrogens with zero attached hydrogens (tertiary/aromatic N) is 3. The Balaban J connectivity index is 2.00. The van der Waals surface area contributed by atoms with Crippen molar-refractivity contribution in [2.75, 3.05) is 6.54 Å². The summed E-state index contributed by atoms with van der Waals surface area (Å²) in [4.78, 5) is 13.0. The third-order valence-electron chi connectivity index (χ3n) is 4.53. The molecule has 1 aromatic heterocycles. The summed E-state index contributed by atoms with van der Waals surface area (Å²) in [6.45, 7) is 4.84. The molecule has 1 saturated carbocycles. The fraction of sp³-hybridized carbons (Fsp3) is 0.750. The van der Waals surface area contributed by atoms with Crippen molar-refractivity contribution in [3.8, 4) is 0 Å². The molecule has 0 saturated heterocycles. The molecule has 0 bridgehead atoms. The van der Waals surface area contributed by atoms with Crippen molar-refractivity contribution in [2.24, 2.45) is 0 Å². The first-order valence-corrected chi connectivity index (χ1v) is 8.10. The zero-order chi connectivity index (χ0) is 15.2. The van der Waals surface area contributed by atoms with Crippen LogP contribution in [0.2, 0.25) is 0 Å². The molecule has 118 valence electrons. The van der Waals surface area contributed by atoms with Gasteiger partial charge >= 0.3 is 5.97 Å². The topological polar surface area (TPSA) is 58.4 Å². The Bertz CT molecular complexity index is 452. The van der Waals surface area contributed by atoms with Crippen molar-refractivity contribution in [1.82, 2.24) is 14.7 Å². The average molecular weight is 293 g/mol. The molecule has 0 amide bonds. The fourth-order valence-corrected chi connectivity index (χ4v) is 3.02. The van der Waals surface area contributed by atoms with Crippen molar-refractivity contribution in [1.29, 1.82) is 0 Å². The highest BCUT2D eigenvalue weighted by atomic mass is 16.4. The number of aliphatic carboxylic acids is 1. The van der Waals surface area contributed by atoms with Crippen LogP contribution in [0.5, 0.6) is 0 Å². The maximum atomic E-state index is 11.0. The summed E-state index contributed by atoms with van der Waals surface area (Å²) in [5, 5.41) is 13.7. The van der Waals surface area contributed by atoms with Crippen LogP contribution in [-0.2, 0) is 11.3 Å². The van der Waals surface area contributed by atoms with Gasteiger partial charge in [-0.2, -0.15) is 5.10 Å². The maximum absolute atomic E-state index is 11.0. The lowest BCUT2D eigenvalue weighted by atomic mass is 9.96. The number of carbonyl (C=O) groups is 1. The first kappa shape index (κ1) is 16.0. The fourth-order valence-electron chi connectivity index (χ4n) is 3.02. The van der Waals surface area contributed by atoms with Crippen LogP contribution in [0.15, 0.2) is 12.3 Å². The summed E-state index contributed by atoms with van der Waals surface area (Å²) in [5.41, 5.74) is 0.974. The minimum absolute atomic E-state index is 0.0747. The SMILES string of the molecule is CCC(C)N(CC(=O)O)Cc1ccn(C2CCCCC2)n1. The molecule has 1 heterocycles. The van der Waals surface area contributed by atoms with Gasteiger partial charge in [0.25, 0.3) is 0 Å². The van der Waals surface area contributed by atoms with Gasteiger partial charge in [-0.15, -0.1) is 0 Å². The predicted molar refractivity (Wildman–Crippen MR) is 82.1 cm³/mol. The van der Waals surface area contributed by atoms with Crippen molar-refractivity contribution >= 4 is 5.97 Å². The second-order valence-corrected chi connectivity index (χ2v) is 6.13. The van der Waals surface area contributed by atoms with Crippen LogP contribution < -0.4 is 0 Å². The molecule has 5 nitrogen and oxygen atoms in total. The minimum atomic E-state index is -0.776. The van der Waals surface area contributed by atoms with Gasteiger partial charge < -0.3 is 5.11 Å². The lowest BCUT2D eigenvalue weighted by molar-refractivity contribution is -0.139. The largest absolute Gasteiger partial charge is 0.480 e. The average Bonchev–Trinajstić information content (AvgIpc) is 2.95. The molecule has 1 unspecified atom stereocenters. The van der Waals surface area contributed by atoms with E-state index in [4.69, 9.17) is 5.11 Å². The van der Waals surface area contributed by atoms with Crippen molar-refractivity contribution in [3.63, 3.8) is 0 Å². The van der Waals surface area contributed by atoms with Gasteiger partial charge in [-0.25, -0.2) is 0 Å². The highest BCUT2D eigenvalue weighted by Crippen LogP contribution is 2.27. The third kappa shape index (κ3) is 4.56. The quantitative estimate of drug-likeness (QED) is 0.839. The van der Waals surface area contributed by atoms with Gasteiger partial charge in [0.15, 0.2) is 0 Å². The highest BCUT2D eigenvalue weighted by Gasteiger charge is 2.19. The predicted octanol–water partition coefficient (Wildman–Crippen LogP) is 3.07. The lowest BCUT2D eigenvalue weighted by Crippen LogP contribution is -2.36. The highest BCUT2D eigenvalue weighted by molar-refractivity contribution is 5.69. The number of aromatic nitrogens is 2. The number of rotatable bonds is 7. The van der Waals surface area contributed by atoms with Gasteiger partial charge in [0.1, 0.15) is 0 Å². The molecule has 0 aliphatic heterocycles. The lowest BCUT2D eigenvalue weighted by Gasteiger charge is -2.26. The molecule has 1 aromatic rings. The monoisotopic (exact) mass is 293 g/mol. The van der Waals surface area contributed by atoms with Gasteiger partial charge in [-0.3, -0.25) is 14.4 Å². The van der Waals surface area contributed by atoms with E-state index in [9.17, 15) is 4.79 Å². The van der Waals surface area contributed by atoms with Crippen LogP contribution in [0.25, 0.3) is 0 Å². The minimum Gasteiger partial charge on any atom is -0.480 e. The Morgan fingerprint density at radius 1 is 1.48 bits per heavy atom. The summed E-state index contributed by atoms with van der Waals surface area (Å²) in [6.07, 6.45) is 9.34. The molecule has 0 radical (unpaired) electrons. The Hall–Kier alpha value is -1.36. The Morgan fingerprint density at radius 2 is 2.19 bits per heavy atom. The Morgan fingerprint density at radius 3 is 2.81 bits per heavy atom. The number of carboxylic acid groups (broad SMARTS) is 1. The second kappa shape index (κ2) is 7.59. The first-order chi connectivity index (χ1) is 10.1. The molecule has 1 aliphatic carbocycles. The summed E-state index contributed by atoms with van der Waals surface area (Å²) in [6, 6.07) is 2.82. The zero-order valence-electron chi connectivity index (χ0n) is 13.2. The van der Waals surface area contributed by atoms with E-state index < -0.39 is 5.97 Å². The van der Waals surface area contributed by atoms with E-state index in [0.29, 0.717) is 12.6 Å². The van der Waals surface area contributed by atoms with E-state index in [2.05, 4.69) is 29.8 Å². The first-order valence-electron chi connectivity index (χ1n) is 8.10. The van der Waals surface area contributed by atoms with Crippen LogP contribution in [0.3, 0.4) is 0 Å². The van der Waals surface area contributed by atoms with E-state index in [1.807, 2.05) is 11.0 Å². The summed E-state index contributed by atoms with van der Waals surface area (Å²) >= 11 is 0. The molecule has 1 atom stereocenters. The van der Waals surface area contributed by atoms with Crippen LogP contribution in [0, 0.1) is 0 Å². The Kier molecular flexibility index (Phi) is 5.79. The maximum Gasteiger partial charge on any atom is 0.317 e. The summed E-state index contributed by atoms with van der Waals surface area (Å²) < 4.78 is 2.09. The van der Waals surface area contributed by atoms with Crippen LogP contribution >= 0.6 is 0 Å². The molecular formula is C16H27N3O2. The van der Waals surface area contributed by atoms with Crippen molar-refractivity contribution in [3.05, 3.63) is 18.0 Å². The number of hydrogen-bond acceptors (Lipinski definition) is 3. The van der Waals surface area contributed by atoms with Gasteiger partial charge in [0.05, 0.1) is 18.3 Å². The van der Waals surface area contributed by atoms with E-state index in [-0.39, 0.29) is 12.6 Å². The van der Waals surface area contributed by atoms with Crippen molar-refractivity contribution < 1.29 is 9.90 Å². The molecule has 0 aromatic carbocycles. The van der Waals surface area contributed by atoms with Gasteiger partial charge in [-0.1, -0.05) is 26.2 Å².